The van der Waals surface area contributed by atoms with E-state index in [-0.39, 0.29) is 12.1 Å². The Hall–Kier alpha value is -2.68. The highest BCUT2D eigenvalue weighted by molar-refractivity contribution is 5.88. The Morgan fingerprint density at radius 2 is 0.885 bits per heavy atom. The Morgan fingerprint density at radius 1 is 0.500 bits per heavy atom. The zero-order valence-corrected chi connectivity index (χ0v) is 15.2. The Bertz CT molecular complexity index is 942. The van der Waals surface area contributed by atoms with E-state index in [9.17, 15) is 0 Å². The summed E-state index contributed by atoms with van der Waals surface area (Å²) in [4.78, 5) is 0. The van der Waals surface area contributed by atoms with Gasteiger partial charge in [0.05, 0.1) is 12.1 Å². The normalized spacial score (nSPS) is 13.8. The molecule has 0 aliphatic heterocycles. The zero-order chi connectivity index (χ0) is 17.9. The average molecular weight is 340 g/mol. The standard InChI is InChI=1S/C24H24N2/c1-25-23(21-15-7-11-17-9-3-5-13-19(17)21)24(26-2)22-16-8-12-18-10-4-6-14-20(18)22/h3-16,23-26H,1-2H3/t23-,24-/m1/s1. The fraction of sp³-hybridized carbons (Fsp3) is 0.167. The van der Waals surface area contributed by atoms with Crippen LogP contribution in [0, 0.1) is 0 Å². The summed E-state index contributed by atoms with van der Waals surface area (Å²) in [6, 6.07) is 30.7. The predicted molar refractivity (Wildman–Crippen MR) is 111 cm³/mol. The van der Waals surface area contributed by atoms with E-state index in [0.717, 1.165) is 0 Å². The summed E-state index contributed by atoms with van der Waals surface area (Å²) in [5, 5.41) is 12.3. The van der Waals surface area contributed by atoms with Crippen LogP contribution in [0.2, 0.25) is 0 Å². The van der Waals surface area contributed by atoms with Gasteiger partial charge in [-0.1, -0.05) is 84.9 Å². The summed E-state index contributed by atoms with van der Waals surface area (Å²) in [6.07, 6.45) is 0. The van der Waals surface area contributed by atoms with Crippen LogP contribution in [0.3, 0.4) is 0 Å². The lowest BCUT2D eigenvalue weighted by Gasteiger charge is -2.29. The Kier molecular flexibility index (Phi) is 4.70. The van der Waals surface area contributed by atoms with E-state index in [1.807, 2.05) is 14.1 Å². The van der Waals surface area contributed by atoms with Crippen molar-refractivity contribution in [2.45, 2.75) is 12.1 Å². The Morgan fingerprint density at radius 3 is 1.31 bits per heavy atom. The van der Waals surface area contributed by atoms with Crippen molar-refractivity contribution in [3.8, 4) is 0 Å². The van der Waals surface area contributed by atoms with Crippen LogP contribution in [0.5, 0.6) is 0 Å². The van der Waals surface area contributed by atoms with Crippen LogP contribution >= 0.6 is 0 Å². The van der Waals surface area contributed by atoms with Crippen molar-refractivity contribution in [1.29, 1.82) is 0 Å². The first-order valence-corrected chi connectivity index (χ1v) is 9.13. The van der Waals surface area contributed by atoms with Gasteiger partial charge in [-0.15, -0.1) is 0 Å². The highest BCUT2D eigenvalue weighted by Gasteiger charge is 2.24. The molecule has 4 aromatic rings. The van der Waals surface area contributed by atoms with Gasteiger partial charge < -0.3 is 10.6 Å². The van der Waals surface area contributed by atoms with Gasteiger partial charge >= 0.3 is 0 Å². The second kappa shape index (κ2) is 7.28. The molecule has 130 valence electrons. The van der Waals surface area contributed by atoms with E-state index in [1.54, 1.807) is 0 Å². The maximum atomic E-state index is 3.56. The third kappa shape index (κ3) is 2.88. The van der Waals surface area contributed by atoms with Crippen molar-refractivity contribution in [3.05, 3.63) is 96.1 Å². The van der Waals surface area contributed by atoms with Gasteiger partial charge in [-0.05, 0) is 46.8 Å². The van der Waals surface area contributed by atoms with Crippen molar-refractivity contribution < 1.29 is 0 Å². The van der Waals surface area contributed by atoms with Gasteiger partial charge in [0.25, 0.3) is 0 Å². The first-order valence-electron chi connectivity index (χ1n) is 9.13. The molecule has 0 saturated carbocycles. The summed E-state index contributed by atoms with van der Waals surface area (Å²) < 4.78 is 0. The van der Waals surface area contributed by atoms with Crippen molar-refractivity contribution in [2.24, 2.45) is 0 Å². The largest absolute Gasteiger partial charge is 0.311 e. The average Bonchev–Trinajstić information content (AvgIpc) is 2.71. The molecule has 0 amide bonds. The molecule has 2 nitrogen and oxygen atoms in total. The number of hydrogen-bond acceptors (Lipinski definition) is 2. The molecule has 0 fully saturated rings. The molecule has 2 N–H and O–H groups in total. The van der Waals surface area contributed by atoms with Gasteiger partial charge in [0.15, 0.2) is 0 Å². The molecule has 0 saturated heterocycles. The number of nitrogens with one attached hydrogen (secondary N) is 2. The molecule has 26 heavy (non-hydrogen) atoms. The molecule has 0 aliphatic carbocycles. The lowest BCUT2D eigenvalue weighted by molar-refractivity contribution is 0.437. The second-order valence-electron chi connectivity index (χ2n) is 6.67. The molecule has 0 radical (unpaired) electrons. The molecule has 2 atom stereocenters. The summed E-state index contributed by atoms with van der Waals surface area (Å²) in [5.41, 5.74) is 2.63. The van der Waals surface area contributed by atoms with Crippen molar-refractivity contribution in [2.75, 3.05) is 14.1 Å². The number of benzene rings is 4. The minimum absolute atomic E-state index is 0.164. The SMILES string of the molecule is CN[C@H](c1cccc2ccccc12)[C@H](NC)c1cccc2ccccc12. The summed E-state index contributed by atoms with van der Waals surface area (Å²) >= 11 is 0. The van der Waals surface area contributed by atoms with Gasteiger partial charge in [-0.25, -0.2) is 0 Å². The molecular formula is C24H24N2. The van der Waals surface area contributed by atoms with Gasteiger partial charge in [0, 0.05) is 0 Å². The summed E-state index contributed by atoms with van der Waals surface area (Å²) in [7, 11) is 4.09. The van der Waals surface area contributed by atoms with E-state index in [4.69, 9.17) is 0 Å². The lowest BCUT2D eigenvalue weighted by atomic mass is 9.88. The van der Waals surface area contributed by atoms with Crippen LogP contribution in [-0.4, -0.2) is 14.1 Å². The summed E-state index contributed by atoms with van der Waals surface area (Å²) in [5.74, 6) is 0. The van der Waals surface area contributed by atoms with Crippen molar-refractivity contribution >= 4 is 21.5 Å². The van der Waals surface area contributed by atoms with Crippen molar-refractivity contribution in [1.82, 2.24) is 10.6 Å². The van der Waals surface area contributed by atoms with Crippen molar-refractivity contribution in [3.63, 3.8) is 0 Å². The monoisotopic (exact) mass is 340 g/mol. The van der Waals surface area contributed by atoms with Gasteiger partial charge in [0.1, 0.15) is 0 Å². The quantitative estimate of drug-likeness (QED) is 0.521. The smallest absolute Gasteiger partial charge is 0.0522 e. The molecule has 4 aromatic carbocycles. The van der Waals surface area contributed by atoms with Gasteiger partial charge in [0.2, 0.25) is 0 Å². The van der Waals surface area contributed by atoms with E-state index in [1.165, 1.54) is 32.7 Å². The van der Waals surface area contributed by atoms with E-state index in [2.05, 4.69) is 95.6 Å². The fourth-order valence-electron chi connectivity index (χ4n) is 4.05. The third-order valence-corrected chi connectivity index (χ3v) is 5.27. The van der Waals surface area contributed by atoms with Crippen LogP contribution in [0.4, 0.5) is 0 Å². The van der Waals surface area contributed by atoms with Crippen LogP contribution in [0.15, 0.2) is 84.9 Å². The highest BCUT2D eigenvalue weighted by atomic mass is 15.0. The fourth-order valence-corrected chi connectivity index (χ4v) is 4.05. The zero-order valence-electron chi connectivity index (χ0n) is 15.2. The van der Waals surface area contributed by atoms with Crippen LogP contribution in [0.1, 0.15) is 23.2 Å². The minimum Gasteiger partial charge on any atom is -0.311 e. The molecule has 0 bridgehead atoms. The van der Waals surface area contributed by atoms with Gasteiger partial charge in [-0.2, -0.15) is 0 Å². The topological polar surface area (TPSA) is 24.1 Å². The molecule has 0 aromatic heterocycles. The number of fused-ring (bicyclic) bond motifs is 2. The minimum atomic E-state index is 0.164. The molecule has 0 aliphatic rings. The number of likely N-dealkylation sites (N-methyl/N-ethyl adjacent to an activating group) is 2. The second-order valence-corrected chi connectivity index (χ2v) is 6.67. The van der Waals surface area contributed by atoms with Crippen LogP contribution in [-0.2, 0) is 0 Å². The molecule has 0 heterocycles. The molecular weight excluding hydrogens is 316 g/mol. The molecule has 2 heteroatoms. The Balaban J connectivity index is 1.88. The lowest BCUT2D eigenvalue weighted by Crippen LogP contribution is -2.32. The van der Waals surface area contributed by atoms with Crippen LogP contribution in [0.25, 0.3) is 21.5 Å². The molecule has 0 unspecified atom stereocenters. The van der Waals surface area contributed by atoms with E-state index in [0.29, 0.717) is 0 Å². The number of hydrogen-bond donors (Lipinski definition) is 2. The predicted octanol–water partition coefficient (Wildman–Crippen LogP) is 5.21. The maximum absolute atomic E-state index is 3.56. The third-order valence-electron chi connectivity index (χ3n) is 5.27. The maximum Gasteiger partial charge on any atom is 0.0522 e. The summed E-state index contributed by atoms with van der Waals surface area (Å²) in [6.45, 7) is 0. The molecule has 4 rings (SSSR count). The van der Waals surface area contributed by atoms with E-state index >= 15 is 0 Å². The highest BCUT2D eigenvalue weighted by Crippen LogP contribution is 2.35. The van der Waals surface area contributed by atoms with E-state index < -0.39 is 0 Å². The molecule has 0 spiro atoms. The first-order chi connectivity index (χ1) is 12.8. The van der Waals surface area contributed by atoms with Gasteiger partial charge in [-0.3, -0.25) is 0 Å². The number of rotatable bonds is 5. The Labute approximate surface area is 154 Å². The first kappa shape index (κ1) is 16.8. The van der Waals surface area contributed by atoms with Crippen LogP contribution < -0.4 is 10.6 Å².